The van der Waals surface area contributed by atoms with Crippen LogP contribution in [0.1, 0.15) is 46.0 Å². The lowest BCUT2D eigenvalue weighted by Gasteiger charge is -2.17. The molecule has 1 unspecified atom stereocenters. The summed E-state index contributed by atoms with van der Waals surface area (Å²) in [5, 5.41) is 2.89. The van der Waals surface area contributed by atoms with E-state index >= 15 is 0 Å². The van der Waals surface area contributed by atoms with E-state index in [-0.39, 0.29) is 22.5 Å². The Bertz CT molecular complexity index is 316. The summed E-state index contributed by atoms with van der Waals surface area (Å²) in [6, 6.07) is 0. The molecule has 0 bridgehead atoms. The molecular weight excluding hydrogens is 262 g/mol. The van der Waals surface area contributed by atoms with Crippen molar-refractivity contribution in [1.82, 2.24) is 5.32 Å². The summed E-state index contributed by atoms with van der Waals surface area (Å²) in [6.45, 7) is 4.79. The lowest BCUT2D eigenvalue weighted by Crippen LogP contribution is -2.32. The van der Waals surface area contributed by atoms with Gasteiger partial charge in [0, 0.05) is 12.3 Å². The molecule has 1 saturated carbocycles. The van der Waals surface area contributed by atoms with E-state index in [9.17, 15) is 9.59 Å². The molecule has 1 N–H and O–H groups in total. The number of ether oxygens (including phenoxy) is 1. The Balaban J connectivity index is 2.24. The van der Waals surface area contributed by atoms with E-state index in [0.29, 0.717) is 6.42 Å². The van der Waals surface area contributed by atoms with Crippen LogP contribution in [-0.2, 0) is 14.3 Å². The maximum Gasteiger partial charge on any atom is 0.306 e. The van der Waals surface area contributed by atoms with Crippen molar-refractivity contribution in [1.29, 1.82) is 0 Å². The van der Waals surface area contributed by atoms with Gasteiger partial charge in [0.2, 0.25) is 5.91 Å². The predicted octanol–water partition coefficient (Wildman–Crippen LogP) is 2.37. The van der Waals surface area contributed by atoms with Gasteiger partial charge in [-0.25, -0.2) is 0 Å². The van der Waals surface area contributed by atoms with Crippen molar-refractivity contribution < 1.29 is 14.3 Å². The topological polar surface area (TPSA) is 55.4 Å². The number of hydrogen-bond donors (Lipinski definition) is 1. The largest absolute Gasteiger partial charge is 0.469 e. The standard InChI is InChI=1S/C14H25NO3S/c1-4-5-8-15-13(17)11(2)19-10-14(6-7-14)9-12(16)18-3/h11H,4-10H2,1-3H3,(H,15,17). The SMILES string of the molecule is CCCCNC(=O)C(C)SCC1(CC(=O)OC)CC1. The molecule has 0 spiro atoms. The van der Waals surface area contributed by atoms with Crippen LogP contribution in [0.5, 0.6) is 0 Å². The molecule has 19 heavy (non-hydrogen) atoms. The van der Waals surface area contributed by atoms with Crippen LogP contribution in [-0.4, -0.2) is 36.5 Å². The average Bonchev–Trinajstić information content (AvgIpc) is 3.16. The highest BCUT2D eigenvalue weighted by molar-refractivity contribution is 8.00. The molecule has 0 aromatic carbocycles. The smallest absolute Gasteiger partial charge is 0.306 e. The molecule has 0 saturated heterocycles. The summed E-state index contributed by atoms with van der Waals surface area (Å²) in [7, 11) is 1.43. The third-order valence-corrected chi connectivity index (χ3v) is 5.04. The molecule has 1 atom stereocenters. The van der Waals surface area contributed by atoms with Crippen LogP contribution in [0.3, 0.4) is 0 Å². The number of carbonyl (C=O) groups excluding carboxylic acids is 2. The number of unbranched alkanes of at least 4 members (excludes halogenated alkanes) is 1. The number of thioether (sulfide) groups is 1. The summed E-state index contributed by atoms with van der Waals surface area (Å²) >= 11 is 1.64. The molecule has 0 heterocycles. The molecule has 1 fully saturated rings. The average molecular weight is 287 g/mol. The molecule has 0 radical (unpaired) electrons. The van der Waals surface area contributed by atoms with Gasteiger partial charge < -0.3 is 10.1 Å². The Morgan fingerprint density at radius 3 is 2.63 bits per heavy atom. The fourth-order valence-electron chi connectivity index (χ4n) is 1.84. The zero-order chi connectivity index (χ0) is 14.3. The second-order valence-corrected chi connectivity index (χ2v) is 6.68. The van der Waals surface area contributed by atoms with Crippen molar-refractivity contribution in [3.05, 3.63) is 0 Å². The minimum Gasteiger partial charge on any atom is -0.469 e. The molecule has 0 aliphatic heterocycles. The Morgan fingerprint density at radius 1 is 1.42 bits per heavy atom. The second-order valence-electron chi connectivity index (χ2n) is 5.35. The molecule has 0 aromatic heterocycles. The van der Waals surface area contributed by atoms with Crippen LogP contribution in [0.15, 0.2) is 0 Å². The van der Waals surface area contributed by atoms with E-state index in [2.05, 4.69) is 12.2 Å². The molecule has 1 amide bonds. The fraction of sp³-hybridized carbons (Fsp3) is 0.857. The molecule has 0 aromatic rings. The molecule has 4 nitrogen and oxygen atoms in total. The quantitative estimate of drug-likeness (QED) is 0.522. The van der Waals surface area contributed by atoms with Gasteiger partial charge in [-0.3, -0.25) is 9.59 Å². The van der Waals surface area contributed by atoms with E-state index in [1.54, 1.807) is 11.8 Å². The molecule has 1 aliphatic rings. The highest BCUT2D eigenvalue weighted by atomic mass is 32.2. The van der Waals surface area contributed by atoms with Gasteiger partial charge in [-0.1, -0.05) is 13.3 Å². The van der Waals surface area contributed by atoms with Gasteiger partial charge in [0.15, 0.2) is 0 Å². The monoisotopic (exact) mass is 287 g/mol. The number of esters is 1. The molecule has 1 aliphatic carbocycles. The maximum absolute atomic E-state index is 11.8. The molecule has 1 rings (SSSR count). The first-order valence-corrected chi connectivity index (χ1v) is 8.04. The predicted molar refractivity (Wildman–Crippen MR) is 78.1 cm³/mol. The van der Waals surface area contributed by atoms with E-state index in [4.69, 9.17) is 4.74 Å². The first-order valence-electron chi connectivity index (χ1n) is 6.99. The highest BCUT2D eigenvalue weighted by Crippen LogP contribution is 2.51. The van der Waals surface area contributed by atoms with Crippen LogP contribution >= 0.6 is 11.8 Å². The maximum atomic E-state index is 11.8. The Labute approximate surface area is 120 Å². The molecule has 110 valence electrons. The zero-order valence-electron chi connectivity index (χ0n) is 12.2. The van der Waals surface area contributed by atoms with E-state index in [0.717, 1.165) is 38.0 Å². The Morgan fingerprint density at radius 2 is 2.11 bits per heavy atom. The van der Waals surface area contributed by atoms with Gasteiger partial charge in [-0.2, -0.15) is 0 Å². The normalized spacial score (nSPS) is 17.6. The number of methoxy groups -OCH3 is 1. The van der Waals surface area contributed by atoms with Gasteiger partial charge in [0.05, 0.1) is 18.8 Å². The van der Waals surface area contributed by atoms with Crippen molar-refractivity contribution in [2.75, 3.05) is 19.4 Å². The highest BCUT2D eigenvalue weighted by Gasteiger charge is 2.44. The number of carbonyl (C=O) groups is 2. The van der Waals surface area contributed by atoms with Gasteiger partial charge >= 0.3 is 5.97 Å². The van der Waals surface area contributed by atoms with Crippen molar-refractivity contribution in [2.45, 2.75) is 51.2 Å². The number of nitrogens with one attached hydrogen (secondary N) is 1. The second kappa shape index (κ2) is 7.78. The van der Waals surface area contributed by atoms with Crippen LogP contribution in [0.4, 0.5) is 0 Å². The summed E-state index contributed by atoms with van der Waals surface area (Å²) in [5.74, 6) is 0.829. The van der Waals surface area contributed by atoms with Gasteiger partial charge in [-0.15, -0.1) is 11.8 Å². The molecule has 5 heteroatoms. The van der Waals surface area contributed by atoms with Crippen LogP contribution in [0, 0.1) is 5.41 Å². The van der Waals surface area contributed by atoms with Crippen molar-refractivity contribution in [2.24, 2.45) is 5.41 Å². The number of hydrogen-bond acceptors (Lipinski definition) is 4. The lowest BCUT2D eigenvalue weighted by atomic mass is 10.1. The third-order valence-electron chi connectivity index (χ3n) is 3.54. The van der Waals surface area contributed by atoms with Crippen molar-refractivity contribution in [3.8, 4) is 0 Å². The summed E-state index contributed by atoms with van der Waals surface area (Å²) in [4.78, 5) is 23.1. The van der Waals surface area contributed by atoms with Crippen molar-refractivity contribution >= 4 is 23.6 Å². The molecular formula is C14H25NO3S. The summed E-state index contributed by atoms with van der Waals surface area (Å²) < 4.78 is 4.72. The first kappa shape index (κ1) is 16.3. The van der Waals surface area contributed by atoms with Gasteiger partial charge in [-0.05, 0) is 31.6 Å². The van der Waals surface area contributed by atoms with Gasteiger partial charge in [0.25, 0.3) is 0 Å². The minimum atomic E-state index is -0.141. The first-order chi connectivity index (χ1) is 9.03. The van der Waals surface area contributed by atoms with Crippen LogP contribution < -0.4 is 5.32 Å². The minimum absolute atomic E-state index is 0.0491. The van der Waals surface area contributed by atoms with E-state index < -0.39 is 0 Å². The van der Waals surface area contributed by atoms with Crippen LogP contribution in [0.2, 0.25) is 0 Å². The van der Waals surface area contributed by atoms with Crippen LogP contribution in [0.25, 0.3) is 0 Å². The summed E-state index contributed by atoms with van der Waals surface area (Å²) in [6.07, 6.45) is 4.73. The Kier molecular flexibility index (Phi) is 6.69. The zero-order valence-corrected chi connectivity index (χ0v) is 13.0. The number of rotatable bonds is 9. The number of amides is 1. The Hall–Kier alpha value is -0.710. The van der Waals surface area contributed by atoms with E-state index in [1.807, 2.05) is 6.92 Å². The fourth-order valence-corrected chi connectivity index (χ4v) is 3.07. The lowest BCUT2D eigenvalue weighted by molar-refractivity contribution is -0.141. The van der Waals surface area contributed by atoms with E-state index in [1.165, 1.54) is 7.11 Å². The van der Waals surface area contributed by atoms with Gasteiger partial charge in [0.1, 0.15) is 0 Å². The summed E-state index contributed by atoms with van der Waals surface area (Å²) in [5.41, 5.74) is 0.0930. The van der Waals surface area contributed by atoms with Crippen molar-refractivity contribution in [3.63, 3.8) is 0 Å². The third kappa shape index (κ3) is 5.85.